The summed E-state index contributed by atoms with van der Waals surface area (Å²) in [5.41, 5.74) is 3.31. The van der Waals surface area contributed by atoms with Crippen molar-refractivity contribution >= 4 is 17.1 Å². The maximum absolute atomic E-state index is 12.4. The van der Waals surface area contributed by atoms with Gasteiger partial charge in [-0.15, -0.1) is 0 Å². The first-order valence-corrected chi connectivity index (χ1v) is 9.71. The van der Waals surface area contributed by atoms with Crippen LogP contribution in [0.25, 0.3) is 16.9 Å². The zero-order chi connectivity index (χ0) is 19.5. The summed E-state index contributed by atoms with van der Waals surface area (Å²) in [4.78, 5) is 26.2. The van der Waals surface area contributed by atoms with Crippen LogP contribution in [-0.2, 0) is 0 Å². The smallest absolute Gasteiger partial charge is 0.251 e. The van der Waals surface area contributed by atoms with Crippen molar-refractivity contribution in [1.29, 1.82) is 0 Å². The number of piperazine rings is 1. The number of aromatic nitrogens is 3. The zero-order valence-corrected chi connectivity index (χ0v) is 16.4. The van der Waals surface area contributed by atoms with Gasteiger partial charge in [0.1, 0.15) is 11.3 Å². The second-order valence-corrected chi connectivity index (χ2v) is 7.29. The number of aryl methyl sites for hydroxylation is 1. The number of nitrogens with zero attached hydrogens (tertiary/aromatic N) is 5. The van der Waals surface area contributed by atoms with Gasteiger partial charge in [-0.25, -0.2) is 9.97 Å². The molecular formula is C21H26N6O. The first-order chi connectivity index (χ1) is 13.6. The molecule has 0 atom stereocenters. The SMILES string of the molecule is Cc1nc2cccnc2n1-c1ccc(C(=O)NCCN2CCN(C)CC2)cc1. The van der Waals surface area contributed by atoms with Gasteiger partial charge in [-0.2, -0.15) is 0 Å². The molecule has 1 N–H and O–H groups in total. The Morgan fingerprint density at radius 1 is 1.11 bits per heavy atom. The van der Waals surface area contributed by atoms with Crippen LogP contribution in [0.15, 0.2) is 42.6 Å². The normalized spacial score (nSPS) is 15.8. The average molecular weight is 378 g/mol. The lowest BCUT2D eigenvalue weighted by molar-refractivity contribution is 0.0941. The molecule has 4 rings (SSSR count). The number of hydrogen-bond acceptors (Lipinski definition) is 5. The molecule has 1 saturated heterocycles. The summed E-state index contributed by atoms with van der Waals surface area (Å²) in [5.74, 6) is 0.837. The van der Waals surface area contributed by atoms with E-state index in [2.05, 4.69) is 32.1 Å². The van der Waals surface area contributed by atoms with Gasteiger partial charge >= 0.3 is 0 Å². The van der Waals surface area contributed by atoms with Crippen molar-refractivity contribution in [1.82, 2.24) is 29.7 Å². The highest BCUT2D eigenvalue weighted by Gasteiger charge is 2.14. The topological polar surface area (TPSA) is 66.3 Å². The fraction of sp³-hybridized carbons (Fsp3) is 0.381. The van der Waals surface area contributed by atoms with Gasteiger partial charge in [0.25, 0.3) is 5.91 Å². The molecule has 1 aromatic carbocycles. The number of hydrogen-bond donors (Lipinski definition) is 1. The maximum Gasteiger partial charge on any atom is 0.251 e. The fourth-order valence-corrected chi connectivity index (χ4v) is 3.60. The number of pyridine rings is 1. The molecule has 7 nitrogen and oxygen atoms in total. The van der Waals surface area contributed by atoms with Crippen molar-refractivity contribution in [2.45, 2.75) is 6.92 Å². The summed E-state index contributed by atoms with van der Waals surface area (Å²) < 4.78 is 2.00. The van der Waals surface area contributed by atoms with Crippen molar-refractivity contribution in [2.75, 3.05) is 46.3 Å². The molecule has 0 spiro atoms. The summed E-state index contributed by atoms with van der Waals surface area (Å²) in [6.45, 7) is 7.82. The summed E-state index contributed by atoms with van der Waals surface area (Å²) in [7, 11) is 2.15. The molecule has 7 heteroatoms. The van der Waals surface area contributed by atoms with Crippen molar-refractivity contribution in [3.63, 3.8) is 0 Å². The van der Waals surface area contributed by atoms with Crippen LogP contribution < -0.4 is 5.32 Å². The van der Waals surface area contributed by atoms with Crippen LogP contribution in [0, 0.1) is 6.92 Å². The van der Waals surface area contributed by atoms with E-state index in [9.17, 15) is 4.79 Å². The van der Waals surface area contributed by atoms with Crippen molar-refractivity contribution in [3.05, 3.63) is 54.0 Å². The van der Waals surface area contributed by atoms with Crippen LogP contribution in [-0.4, -0.2) is 76.6 Å². The lowest BCUT2D eigenvalue weighted by atomic mass is 10.2. The number of nitrogens with one attached hydrogen (secondary N) is 1. The van der Waals surface area contributed by atoms with Crippen LogP contribution in [0.5, 0.6) is 0 Å². The number of likely N-dealkylation sites (N-methyl/N-ethyl adjacent to an activating group) is 1. The van der Waals surface area contributed by atoms with Gasteiger partial charge in [-0.05, 0) is 50.4 Å². The quantitative estimate of drug-likeness (QED) is 0.732. The Bertz CT molecular complexity index is 957. The molecule has 0 saturated carbocycles. The van der Waals surface area contributed by atoms with Crippen molar-refractivity contribution < 1.29 is 4.79 Å². The van der Waals surface area contributed by atoms with Gasteiger partial charge < -0.3 is 10.2 Å². The average Bonchev–Trinajstić information content (AvgIpc) is 3.05. The van der Waals surface area contributed by atoms with Crippen LogP contribution in [0.4, 0.5) is 0 Å². The largest absolute Gasteiger partial charge is 0.351 e. The standard InChI is InChI=1S/C21H26N6O/c1-16-24-19-4-3-9-22-20(19)27(16)18-7-5-17(6-8-18)21(28)23-10-11-26-14-12-25(2)13-15-26/h3-9H,10-15H2,1-2H3,(H,23,28). The second kappa shape index (κ2) is 8.08. The number of benzene rings is 1. The van der Waals surface area contributed by atoms with Gasteiger partial charge in [0.15, 0.2) is 5.65 Å². The van der Waals surface area contributed by atoms with E-state index in [1.165, 1.54) is 0 Å². The molecule has 0 aliphatic carbocycles. The maximum atomic E-state index is 12.4. The van der Waals surface area contributed by atoms with Crippen molar-refractivity contribution in [3.8, 4) is 5.69 Å². The van der Waals surface area contributed by atoms with Crippen molar-refractivity contribution in [2.24, 2.45) is 0 Å². The predicted octanol–water partition coefficient (Wildman–Crippen LogP) is 1.71. The van der Waals surface area contributed by atoms with E-state index in [-0.39, 0.29) is 5.91 Å². The van der Waals surface area contributed by atoms with Gasteiger partial charge in [-0.3, -0.25) is 14.3 Å². The number of amides is 1. The third kappa shape index (κ3) is 3.90. The number of carbonyl (C=O) groups is 1. The molecule has 1 fully saturated rings. The minimum Gasteiger partial charge on any atom is -0.351 e. The lowest BCUT2D eigenvalue weighted by Crippen LogP contribution is -2.46. The summed E-state index contributed by atoms with van der Waals surface area (Å²) in [6, 6.07) is 11.4. The summed E-state index contributed by atoms with van der Waals surface area (Å²) in [5, 5.41) is 3.03. The van der Waals surface area contributed by atoms with Crippen LogP contribution >= 0.6 is 0 Å². The molecule has 3 aromatic rings. The molecule has 3 heterocycles. The molecule has 0 radical (unpaired) electrons. The Labute approximate surface area is 165 Å². The number of fused-ring (bicyclic) bond motifs is 1. The Morgan fingerprint density at radius 2 is 1.86 bits per heavy atom. The van der Waals surface area contributed by atoms with Gasteiger partial charge in [0, 0.05) is 56.7 Å². The van der Waals surface area contributed by atoms with E-state index in [4.69, 9.17) is 0 Å². The number of carbonyl (C=O) groups excluding carboxylic acids is 1. The first kappa shape index (κ1) is 18.6. The van der Waals surface area contributed by atoms with E-state index in [1.807, 2.05) is 47.9 Å². The van der Waals surface area contributed by atoms with E-state index in [0.717, 1.165) is 55.4 Å². The minimum absolute atomic E-state index is 0.0361. The van der Waals surface area contributed by atoms with E-state index in [1.54, 1.807) is 6.20 Å². The third-order valence-electron chi connectivity index (χ3n) is 5.28. The fourth-order valence-electron chi connectivity index (χ4n) is 3.60. The highest BCUT2D eigenvalue weighted by atomic mass is 16.1. The third-order valence-corrected chi connectivity index (χ3v) is 5.28. The van der Waals surface area contributed by atoms with E-state index < -0.39 is 0 Å². The first-order valence-electron chi connectivity index (χ1n) is 9.71. The molecule has 1 aliphatic rings. The molecule has 1 aliphatic heterocycles. The number of rotatable bonds is 5. The second-order valence-electron chi connectivity index (χ2n) is 7.29. The Hall–Kier alpha value is -2.77. The van der Waals surface area contributed by atoms with E-state index in [0.29, 0.717) is 12.1 Å². The van der Waals surface area contributed by atoms with Crippen LogP contribution in [0.2, 0.25) is 0 Å². The summed E-state index contributed by atoms with van der Waals surface area (Å²) in [6.07, 6.45) is 1.77. The molecule has 1 amide bonds. The lowest BCUT2D eigenvalue weighted by Gasteiger charge is -2.32. The Balaban J connectivity index is 1.39. The molecule has 0 unspecified atom stereocenters. The molecule has 28 heavy (non-hydrogen) atoms. The van der Waals surface area contributed by atoms with E-state index >= 15 is 0 Å². The van der Waals surface area contributed by atoms with Gasteiger partial charge in [0.2, 0.25) is 0 Å². The highest BCUT2D eigenvalue weighted by molar-refractivity contribution is 5.94. The zero-order valence-electron chi connectivity index (χ0n) is 16.4. The van der Waals surface area contributed by atoms with Gasteiger partial charge in [0.05, 0.1) is 0 Å². The van der Waals surface area contributed by atoms with Gasteiger partial charge in [-0.1, -0.05) is 0 Å². The van der Waals surface area contributed by atoms with Crippen LogP contribution in [0.1, 0.15) is 16.2 Å². The number of imidazole rings is 1. The predicted molar refractivity (Wildman–Crippen MR) is 110 cm³/mol. The minimum atomic E-state index is -0.0361. The summed E-state index contributed by atoms with van der Waals surface area (Å²) >= 11 is 0. The van der Waals surface area contributed by atoms with Crippen LogP contribution in [0.3, 0.4) is 0 Å². The highest BCUT2D eigenvalue weighted by Crippen LogP contribution is 2.19. The molecule has 0 bridgehead atoms. The monoisotopic (exact) mass is 378 g/mol. The molecule has 146 valence electrons. The molecule has 2 aromatic heterocycles. The Kier molecular flexibility index (Phi) is 5.36. The Morgan fingerprint density at radius 3 is 2.61 bits per heavy atom. The molecular weight excluding hydrogens is 352 g/mol.